The number of nitrogens with one attached hydrogen (secondary N) is 1. The van der Waals surface area contributed by atoms with Gasteiger partial charge < -0.3 is 0 Å². The Kier molecular flexibility index (Phi) is 5.88. The smallest absolute Gasteiger partial charge is 0.0330 e. The van der Waals surface area contributed by atoms with Crippen LogP contribution in [0.2, 0.25) is 0 Å². The standard InChI is InChI=1S/C13H22N2S/c1-4-11(3)13(15-14)9-16-12-7-5-6-10(2)8-12/h5-8,11,13,15H,4,9,14H2,1-3H3. The topological polar surface area (TPSA) is 38.0 Å². The lowest BCUT2D eigenvalue weighted by Crippen LogP contribution is -2.41. The van der Waals surface area contributed by atoms with Crippen LogP contribution in [0.3, 0.4) is 0 Å². The summed E-state index contributed by atoms with van der Waals surface area (Å²) in [7, 11) is 0. The van der Waals surface area contributed by atoms with E-state index >= 15 is 0 Å². The molecule has 3 heteroatoms. The zero-order valence-corrected chi connectivity index (χ0v) is 11.2. The number of hydrogen-bond donors (Lipinski definition) is 2. The monoisotopic (exact) mass is 238 g/mol. The van der Waals surface area contributed by atoms with Crippen LogP contribution in [0, 0.1) is 12.8 Å². The molecule has 0 spiro atoms. The molecule has 0 amide bonds. The zero-order valence-electron chi connectivity index (χ0n) is 10.4. The molecule has 1 aromatic carbocycles. The summed E-state index contributed by atoms with van der Waals surface area (Å²) in [6, 6.07) is 8.98. The van der Waals surface area contributed by atoms with E-state index in [1.807, 2.05) is 11.8 Å². The van der Waals surface area contributed by atoms with E-state index in [-0.39, 0.29) is 0 Å². The van der Waals surface area contributed by atoms with Gasteiger partial charge in [0.15, 0.2) is 0 Å². The molecule has 0 saturated carbocycles. The highest BCUT2D eigenvalue weighted by molar-refractivity contribution is 7.99. The number of aryl methyl sites for hydroxylation is 1. The summed E-state index contributed by atoms with van der Waals surface area (Å²) in [5.74, 6) is 7.22. The van der Waals surface area contributed by atoms with Crippen LogP contribution in [-0.2, 0) is 0 Å². The second-order valence-corrected chi connectivity index (χ2v) is 5.38. The van der Waals surface area contributed by atoms with Gasteiger partial charge in [-0.05, 0) is 25.0 Å². The molecule has 0 aliphatic rings. The Balaban J connectivity index is 2.49. The van der Waals surface area contributed by atoms with Crippen LogP contribution in [0.1, 0.15) is 25.8 Å². The van der Waals surface area contributed by atoms with Gasteiger partial charge in [0, 0.05) is 16.7 Å². The molecule has 1 aromatic rings. The van der Waals surface area contributed by atoms with Crippen molar-refractivity contribution in [3.8, 4) is 0 Å². The fourth-order valence-corrected chi connectivity index (χ4v) is 2.79. The maximum Gasteiger partial charge on any atom is 0.0330 e. The third-order valence-electron chi connectivity index (χ3n) is 2.96. The summed E-state index contributed by atoms with van der Waals surface area (Å²) in [5, 5.41) is 0. The van der Waals surface area contributed by atoms with E-state index in [4.69, 9.17) is 5.84 Å². The molecule has 0 heterocycles. The second kappa shape index (κ2) is 6.94. The van der Waals surface area contributed by atoms with Crippen LogP contribution >= 0.6 is 11.8 Å². The van der Waals surface area contributed by atoms with Crippen molar-refractivity contribution in [2.24, 2.45) is 11.8 Å². The predicted molar refractivity (Wildman–Crippen MR) is 72.5 cm³/mol. The first kappa shape index (κ1) is 13.6. The Hall–Kier alpha value is -0.510. The summed E-state index contributed by atoms with van der Waals surface area (Å²) in [6.45, 7) is 6.56. The lowest BCUT2D eigenvalue weighted by Gasteiger charge is -2.21. The molecule has 2 atom stereocenters. The van der Waals surface area contributed by atoms with Gasteiger partial charge in [-0.1, -0.05) is 38.0 Å². The average molecular weight is 238 g/mol. The van der Waals surface area contributed by atoms with E-state index in [2.05, 4.69) is 50.5 Å². The van der Waals surface area contributed by atoms with E-state index in [1.54, 1.807) is 0 Å². The molecule has 90 valence electrons. The van der Waals surface area contributed by atoms with Gasteiger partial charge in [-0.3, -0.25) is 11.3 Å². The fraction of sp³-hybridized carbons (Fsp3) is 0.538. The molecular weight excluding hydrogens is 216 g/mol. The summed E-state index contributed by atoms with van der Waals surface area (Å²) in [5.41, 5.74) is 4.23. The van der Waals surface area contributed by atoms with Crippen LogP contribution < -0.4 is 11.3 Å². The van der Waals surface area contributed by atoms with Crippen LogP contribution in [0.4, 0.5) is 0 Å². The second-order valence-electron chi connectivity index (χ2n) is 4.29. The van der Waals surface area contributed by atoms with Gasteiger partial charge in [-0.2, -0.15) is 0 Å². The van der Waals surface area contributed by atoms with Crippen molar-refractivity contribution >= 4 is 11.8 Å². The first-order chi connectivity index (χ1) is 7.67. The number of nitrogens with two attached hydrogens (primary N) is 1. The molecular formula is C13H22N2S. The molecule has 0 radical (unpaired) electrons. The Morgan fingerprint density at radius 3 is 2.75 bits per heavy atom. The number of hydrazine groups is 1. The predicted octanol–water partition coefficient (Wildman–Crippen LogP) is 2.97. The van der Waals surface area contributed by atoms with Gasteiger partial charge >= 0.3 is 0 Å². The van der Waals surface area contributed by atoms with Gasteiger partial charge in [0.2, 0.25) is 0 Å². The molecule has 0 aliphatic carbocycles. The van der Waals surface area contributed by atoms with Crippen molar-refractivity contribution in [3.63, 3.8) is 0 Å². The number of rotatable bonds is 6. The van der Waals surface area contributed by atoms with Crippen molar-refractivity contribution in [2.45, 2.75) is 38.1 Å². The fourth-order valence-electron chi connectivity index (χ4n) is 1.55. The molecule has 0 fully saturated rings. The summed E-state index contributed by atoms with van der Waals surface area (Å²) >= 11 is 1.87. The van der Waals surface area contributed by atoms with Crippen LogP contribution in [0.25, 0.3) is 0 Å². The largest absolute Gasteiger partial charge is 0.271 e. The highest BCUT2D eigenvalue weighted by atomic mass is 32.2. The lowest BCUT2D eigenvalue weighted by atomic mass is 10.0. The van der Waals surface area contributed by atoms with E-state index in [0.29, 0.717) is 12.0 Å². The quantitative estimate of drug-likeness (QED) is 0.454. The normalized spacial score (nSPS) is 14.8. The highest BCUT2D eigenvalue weighted by Crippen LogP contribution is 2.22. The summed E-state index contributed by atoms with van der Waals surface area (Å²) < 4.78 is 0. The molecule has 0 aromatic heterocycles. The van der Waals surface area contributed by atoms with Gasteiger partial charge in [-0.25, -0.2) is 0 Å². The Morgan fingerprint density at radius 2 is 2.19 bits per heavy atom. The molecule has 0 saturated heterocycles. The van der Waals surface area contributed by atoms with Gasteiger partial charge in [0.1, 0.15) is 0 Å². The molecule has 16 heavy (non-hydrogen) atoms. The van der Waals surface area contributed by atoms with Gasteiger partial charge in [-0.15, -0.1) is 11.8 Å². The van der Waals surface area contributed by atoms with E-state index in [1.165, 1.54) is 10.5 Å². The maximum atomic E-state index is 5.58. The minimum absolute atomic E-state index is 0.385. The Labute approximate surface area is 103 Å². The minimum atomic E-state index is 0.385. The average Bonchev–Trinajstić information content (AvgIpc) is 2.29. The summed E-state index contributed by atoms with van der Waals surface area (Å²) in [6.07, 6.45) is 1.16. The number of benzene rings is 1. The lowest BCUT2D eigenvalue weighted by molar-refractivity contribution is 0.403. The molecule has 1 rings (SSSR count). The first-order valence-corrected chi connectivity index (χ1v) is 6.81. The Bertz CT molecular complexity index is 315. The third-order valence-corrected chi connectivity index (χ3v) is 4.08. The Morgan fingerprint density at radius 1 is 1.44 bits per heavy atom. The van der Waals surface area contributed by atoms with E-state index in [9.17, 15) is 0 Å². The van der Waals surface area contributed by atoms with Crippen molar-refractivity contribution < 1.29 is 0 Å². The number of thioether (sulfide) groups is 1. The van der Waals surface area contributed by atoms with Gasteiger partial charge in [0.25, 0.3) is 0 Å². The van der Waals surface area contributed by atoms with Crippen molar-refractivity contribution in [3.05, 3.63) is 29.8 Å². The molecule has 0 bridgehead atoms. The zero-order chi connectivity index (χ0) is 12.0. The van der Waals surface area contributed by atoms with Crippen molar-refractivity contribution in [2.75, 3.05) is 5.75 Å². The van der Waals surface area contributed by atoms with Crippen LogP contribution in [0.15, 0.2) is 29.2 Å². The van der Waals surface area contributed by atoms with Gasteiger partial charge in [0.05, 0.1) is 0 Å². The molecule has 0 aliphatic heterocycles. The SMILES string of the molecule is CCC(C)C(CSc1cccc(C)c1)NN. The third kappa shape index (κ3) is 4.16. The van der Waals surface area contributed by atoms with Crippen LogP contribution in [0.5, 0.6) is 0 Å². The maximum absolute atomic E-state index is 5.58. The first-order valence-electron chi connectivity index (χ1n) is 5.83. The van der Waals surface area contributed by atoms with Crippen molar-refractivity contribution in [1.29, 1.82) is 0 Å². The molecule has 3 N–H and O–H groups in total. The molecule has 2 nitrogen and oxygen atoms in total. The highest BCUT2D eigenvalue weighted by Gasteiger charge is 2.14. The minimum Gasteiger partial charge on any atom is -0.271 e. The summed E-state index contributed by atoms with van der Waals surface area (Å²) in [4.78, 5) is 1.32. The molecule has 2 unspecified atom stereocenters. The van der Waals surface area contributed by atoms with Crippen LogP contribution in [-0.4, -0.2) is 11.8 Å². The van der Waals surface area contributed by atoms with Crippen molar-refractivity contribution in [1.82, 2.24) is 5.43 Å². The van der Waals surface area contributed by atoms with E-state index < -0.39 is 0 Å². The van der Waals surface area contributed by atoms with E-state index in [0.717, 1.165) is 12.2 Å². The number of hydrogen-bond acceptors (Lipinski definition) is 3.